The molecule has 6 rings (SSSR count). The topological polar surface area (TPSA) is 133 Å². The molecule has 2 unspecified atom stereocenters. The largest absolute Gasteiger partial charge is 0.462 e. The van der Waals surface area contributed by atoms with Crippen molar-refractivity contribution in [3.05, 3.63) is 0 Å². The smallest absolute Gasteiger partial charge is 0.302 e. The third kappa shape index (κ3) is 5.49. The van der Waals surface area contributed by atoms with Gasteiger partial charge in [-0.1, -0.05) is 27.2 Å². The summed E-state index contributed by atoms with van der Waals surface area (Å²) in [5.74, 6) is -1.46. The Morgan fingerprint density at radius 1 is 0.841 bits per heavy atom. The fraction of sp³-hybridized carbons (Fsp3) is 0.912. The molecule has 1 heterocycles. The lowest BCUT2D eigenvalue weighted by molar-refractivity contribution is -0.665. The highest BCUT2D eigenvalue weighted by atomic mass is 17.4. The monoisotopic (exact) mass is 619 g/mol. The van der Waals surface area contributed by atoms with Crippen LogP contribution in [-0.4, -0.2) is 41.6 Å². The highest BCUT2D eigenvalue weighted by molar-refractivity contribution is 5.73. The van der Waals surface area contributed by atoms with Gasteiger partial charge in [-0.15, -0.1) is 0 Å². The number of rotatable bonds is 6. The first kappa shape index (κ1) is 32.2. The fourth-order valence-electron chi connectivity index (χ4n) is 11.1. The first-order valence-corrected chi connectivity index (χ1v) is 17.2. The van der Waals surface area contributed by atoms with Gasteiger partial charge in [0.15, 0.2) is 0 Å². The van der Waals surface area contributed by atoms with Crippen molar-refractivity contribution in [2.75, 3.05) is 0 Å². The summed E-state index contributed by atoms with van der Waals surface area (Å²) in [6.07, 6.45) is 10.6. The lowest BCUT2D eigenvalue weighted by atomic mass is 9.42. The Balaban J connectivity index is 1.29. The Bertz CT molecular complexity index is 1110. The van der Waals surface area contributed by atoms with Crippen molar-refractivity contribution >= 4 is 17.8 Å². The highest BCUT2D eigenvalue weighted by Gasteiger charge is 2.69. The molecule has 0 aromatic rings. The Morgan fingerprint density at radius 3 is 2.14 bits per heavy atom. The predicted octanol–water partition coefficient (Wildman–Crippen LogP) is 5.90. The quantitative estimate of drug-likeness (QED) is 0.285. The highest BCUT2D eigenvalue weighted by Crippen LogP contribution is 2.70. The van der Waals surface area contributed by atoms with Crippen LogP contribution >= 0.6 is 0 Å². The van der Waals surface area contributed by atoms with Crippen molar-refractivity contribution in [3.8, 4) is 0 Å². The van der Waals surface area contributed by atoms with E-state index in [-0.39, 0.29) is 76.4 Å². The lowest BCUT2D eigenvalue weighted by Gasteiger charge is -2.65. The molecule has 2 N–H and O–H groups in total. The zero-order valence-corrected chi connectivity index (χ0v) is 27.3. The van der Waals surface area contributed by atoms with Gasteiger partial charge in [-0.2, -0.15) is 19.6 Å². The molecule has 44 heavy (non-hydrogen) atoms. The number of ether oxygens (including phenoxy) is 2. The summed E-state index contributed by atoms with van der Waals surface area (Å²) in [4.78, 5) is 61.0. The molecule has 6 aliphatic rings. The van der Waals surface area contributed by atoms with Crippen molar-refractivity contribution in [2.45, 2.75) is 148 Å². The standard InChI is InChI=1S/C34H53NO9/c1-20(9-12-29(35)38)24-10-11-25-30-26(18-28(32(24,25)5)40-22(3)37)31(4)15-16-34(19-23(31)17-27(30)39-21(2)36)43-41-33(42-44-34)13-7-6-8-14-33/h20,23-28,30H,6-19H2,1-5H3,(H2,35,38)/t20?,23-,24?,25+,26+,27-,28+,30+,31+,32-/m1/s1. The number of nitrogens with two attached hydrogens (primary N) is 1. The van der Waals surface area contributed by atoms with Crippen LogP contribution in [0, 0.1) is 46.3 Å². The molecule has 0 aromatic heterocycles. The SMILES string of the molecule is CC(=O)O[C@H]1C[C@H]2[C@@H]([C@H](OC(C)=O)C[C@@H]3CC4(CC[C@@]32C)OOC2(CCCCC2)OO4)[C@@H]2CCC(C(C)CCC(N)=O)[C@@]12C. The molecule has 0 bridgehead atoms. The molecule has 0 aromatic carbocycles. The number of hydrogen-bond acceptors (Lipinski definition) is 9. The van der Waals surface area contributed by atoms with E-state index in [2.05, 4.69) is 20.8 Å². The minimum absolute atomic E-state index is 0.103. The van der Waals surface area contributed by atoms with Gasteiger partial charge in [0.05, 0.1) is 0 Å². The van der Waals surface area contributed by atoms with Crippen molar-refractivity contribution in [1.29, 1.82) is 0 Å². The Hall–Kier alpha value is -1.75. The molecule has 1 amide bonds. The van der Waals surface area contributed by atoms with Crippen LogP contribution in [-0.2, 0) is 43.4 Å². The molecule has 6 fully saturated rings. The van der Waals surface area contributed by atoms with Crippen molar-refractivity contribution in [3.63, 3.8) is 0 Å². The molecule has 5 saturated carbocycles. The van der Waals surface area contributed by atoms with E-state index in [0.29, 0.717) is 38.5 Å². The van der Waals surface area contributed by atoms with E-state index in [4.69, 9.17) is 34.8 Å². The third-order valence-corrected chi connectivity index (χ3v) is 13.3. The average molecular weight is 620 g/mol. The molecule has 10 heteroatoms. The van der Waals surface area contributed by atoms with Crippen LogP contribution in [0.3, 0.4) is 0 Å². The number of carbonyl (C=O) groups excluding carboxylic acids is 3. The molecule has 248 valence electrons. The summed E-state index contributed by atoms with van der Waals surface area (Å²) < 4.78 is 12.5. The van der Waals surface area contributed by atoms with E-state index in [1.165, 1.54) is 13.8 Å². The maximum absolute atomic E-state index is 12.6. The summed E-state index contributed by atoms with van der Waals surface area (Å²) >= 11 is 0. The molecule has 1 aliphatic heterocycles. The second-order valence-corrected chi connectivity index (χ2v) is 15.7. The van der Waals surface area contributed by atoms with E-state index >= 15 is 0 Å². The number of primary amides is 1. The van der Waals surface area contributed by atoms with Gasteiger partial charge in [-0.05, 0) is 86.4 Å². The first-order chi connectivity index (χ1) is 20.8. The van der Waals surface area contributed by atoms with Crippen LogP contribution in [0.5, 0.6) is 0 Å². The second-order valence-electron chi connectivity index (χ2n) is 15.7. The van der Waals surface area contributed by atoms with Crippen LogP contribution in [0.2, 0.25) is 0 Å². The van der Waals surface area contributed by atoms with Gasteiger partial charge in [0.1, 0.15) is 12.2 Å². The first-order valence-electron chi connectivity index (χ1n) is 17.2. The fourth-order valence-corrected chi connectivity index (χ4v) is 11.1. The van der Waals surface area contributed by atoms with E-state index in [1.54, 1.807) is 0 Å². The lowest BCUT2D eigenvalue weighted by Crippen LogP contribution is -2.65. The summed E-state index contributed by atoms with van der Waals surface area (Å²) in [6.45, 7) is 9.85. The molecule has 10 atom stereocenters. The van der Waals surface area contributed by atoms with E-state index in [1.807, 2.05) is 0 Å². The Labute approximate surface area is 261 Å². The molecule has 1 saturated heterocycles. The van der Waals surface area contributed by atoms with Crippen molar-refractivity contribution in [1.82, 2.24) is 0 Å². The van der Waals surface area contributed by atoms with Crippen LogP contribution in [0.4, 0.5) is 0 Å². The van der Waals surface area contributed by atoms with Gasteiger partial charge in [0, 0.05) is 57.3 Å². The normalized spacial score (nSPS) is 42.9. The average Bonchev–Trinajstić information content (AvgIpc) is 3.33. The summed E-state index contributed by atoms with van der Waals surface area (Å²) in [5, 5.41) is 0. The molecule has 0 radical (unpaired) electrons. The molecule has 5 aliphatic carbocycles. The maximum Gasteiger partial charge on any atom is 0.302 e. The van der Waals surface area contributed by atoms with Crippen LogP contribution in [0.25, 0.3) is 0 Å². The van der Waals surface area contributed by atoms with Gasteiger partial charge < -0.3 is 15.2 Å². The Kier molecular flexibility index (Phi) is 8.64. The molecule has 2 spiro atoms. The van der Waals surface area contributed by atoms with Gasteiger partial charge in [0.25, 0.3) is 0 Å². The summed E-state index contributed by atoms with van der Waals surface area (Å²) in [7, 11) is 0. The zero-order chi connectivity index (χ0) is 31.5. The zero-order valence-electron chi connectivity index (χ0n) is 27.3. The maximum atomic E-state index is 12.6. The number of amides is 1. The van der Waals surface area contributed by atoms with E-state index in [9.17, 15) is 14.4 Å². The van der Waals surface area contributed by atoms with Gasteiger partial charge in [-0.3, -0.25) is 14.4 Å². The van der Waals surface area contributed by atoms with Gasteiger partial charge in [-0.25, -0.2) is 0 Å². The Morgan fingerprint density at radius 2 is 1.50 bits per heavy atom. The second kappa shape index (κ2) is 11.8. The van der Waals surface area contributed by atoms with Gasteiger partial charge in [0.2, 0.25) is 17.5 Å². The number of carbonyl (C=O) groups is 3. The number of esters is 2. The molecular weight excluding hydrogens is 566 g/mol. The number of fused-ring (bicyclic) bond motifs is 5. The van der Waals surface area contributed by atoms with E-state index < -0.39 is 11.6 Å². The summed E-state index contributed by atoms with van der Waals surface area (Å²) in [6, 6.07) is 0. The summed E-state index contributed by atoms with van der Waals surface area (Å²) in [5.41, 5.74) is 5.12. The number of hydrogen-bond donors (Lipinski definition) is 1. The molecule has 10 nitrogen and oxygen atoms in total. The van der Waals surface area contributed by atoms with Crippen LogP contribution < -0.4 is 5.73 Å². The van der Waals surface area contributed by atoms with Gasteiger partial charge >= 0.3 is 11.9 Å². The van der Waals surface area contributed by atoms with Crippen LogP contribution in [0.15, 0.2) is 0 Å². The predicted molar refractivity (Wildman–Crippen MR) is 158 cm³/mol. The molecular formula is C34H53NO9. The minimum atomic E-state index is -0.993. The third-order valence-electron chi connectivity index (χ3n) is 13.3. The van der Waals surface area contributed by atoms with Crippen LogP contribution in [0.1, 0.15) is 125 Å². The van der Waals surface area contributed by atoms with Crippen molar-refractivity contribution < 1.29 is 43.4 Å². The van der Waals surface area contributed by atoms with Crippen molar-refractivity contribution in [2.24, 2.45) is 52.1 Å². The minimum Gasteiger partial charge on any atom is -0.462 e. The van der Waals surface area contributed by atoms with E-state index in [0.717, 1.165) is 51.4 Å².